The maximum Gasteiger partial charge on any atom is 0.136 e. The summed E-state index contributed by atoms with van der Waals surface area (Å²) in [5, 5.41) is 4.89. The van der Waals surface area contributed by atoms with E-state index in [4.69, 9.17) is 9.15 Å². The second kappa shape index (κ2) is 8.58. The Labute approximate surface area is 247 Å². The van der Waals surface area contributed by atoms with Crippen LogP contribution in [0.25, 0.3) is 64.4 Å². The molecule has 200 valence electrons. The summed E-state index contributed by atoms with van der Waals surface area (Å²) in [5.41, 5.74) is 8.74. The topological polar surface area (TPSA) is 22.4 Å². The van der Waals surface area contributed by atoms with Crippen molar-refractivity contribution in [1.29, 1.82) is 0 Å². The third kappa shape index (κ3) is 3.38. The molecule has 0 unspecified atom stereocenters. The summed E-state index contributed by atoms with van der Waals surface area (Å²) >= 11 is 1.85. The predicted octanol–water partition coefficient (Wildman–Crippen LogP) is 11.7. The average molecular weight is 559 g/mol. The molecule has 2 nitrogen and oxygen atoms in total. The largest absolute Gasteiger partial charge is 0.457 e. The number of para-hydroxylation sites is 1. The summed E-state index contributed by atoms with van der Waals surface area (Å²) in [6.45, 7) is 4.53. The number of thiophene rings is 1. The molecule has 8 aromatic rings. The first-order chi connectivity index (χ1) is 20.5. The smallest absolute Gasteiger partial charge is 0.136 e. The highest BCUT2D eigenvalue weighted by Gasteiger charge is 2.34. The molecule has 0 N–H and O–H groups in total. The van der Waals surface area contributed by atoms with Crippen LogP contribution in [-0.2, 0) is 5.41 Å². The molecular weight excluding hydrogens is 532 g/mol. The third-order valence-electron chi connectivity index (χ3n) is 8.96. The van der Waals surface area contributed by atoms with Gasteiger partial charge in [-0.1, -0.05) is 86.6 Å². The van der Waals surface area contributed by atoms with E-state index >= 15 is 0 Å². The summed E-state index contributed by atoms with van der Waals surface area (Å²) in [7, 11) is 0. The molecule has 1 aliphatic heterocycles. The summed E-state index contributed by atoms with van der Waals surface area (Å²) in [6.07, 6.45) is 0. The number of hydrogen-bond acceptors (Lipinski definition) is 3. The van der Waals surface area contributed by atoms with E-state index in [9.17, 15) is 0 Å². The van der Waals surface area contributed by atoms with Crippen LogP contribution in [0.5, 0.6) is 11.5 Å². The second-order valence-electron chi connectivity index (χ2n) is 11.7. The van der Waals surface area contributed by atoms with Gasteiger partial charge in [0.1, 0.15) is 22.7 Å². The minimum Gasteiger partial charge on any atom is -0.457 e. The minimum absolute atomic E-state index is 0.122. The van der Waals surface area contributed by atoms with Gasteiger partial charge in [0, 0.05) is 47.5 Å². The summed E-state index contributed by atoms with van der Waals surface area (Å²) < 4.78 is 15.5. The van der Waals surface area contributed by atoms with Gasteiger partial charge in [-0.2, -0.15) is 0 Å². The van der Waals surface area contributed by atoms with Crippen LogP contribution in [-0.4, -0.2) is 0 Å². The Morgan fingerprint density at radius 1 is 0.524 bits per heavy atom. The molecule has 42 heavy (non-hydrogen) atoms. The Bertz CT molecular complexity index is 2370. The van der Waals surface area contributed by atoms with E-state index in [1.54, 1.807) is 0 Å². The van der Waals surface area contributed by atoms with Crippen LogP contribution in [0, 0.1) is 0 Å². The van der Waals surface area contributed by atoms with Crippen LogP contribution in [0.1, 0.15) is 25.0 Å². The standard InChI is InChI=1S/C39H26O2S/c1-39(2)30-10-4-5-11-32(30)40-35-21-24(16-19-31(35)39)23-14-17-27-28-18-15-25(22-34(28)41-33(27)20-23)26-9-7-13-37-38(26)29-8-3-6-12-36(29)42-37/h3-22H,1-2H3. The fourth-order valence-electron chi connectivity index (χ4n) is 6.78. The summed E-state index contributed by atoms with van der Waals surface area (Å²) in [4.78, 5) is 0. The van der Waals surface area contributed by atoms with E-state index in [1.165, 1.54) is 42.4 Å². The fraction of sp³-hybridized carbons (Fsp3) is 0.0769. The lowest BCUT2D eigenvalue weighted by Crippen LogP contribution is -2.24. The maximum absolute atomic E-state index is 6.52. The SMILES string of the molecule is CC1(C)c2ccccc2Oc2cc(-c3ccc4c(c3)oc3cc(-c5cccc6sc7ccccc7c56)ccc34)ccc21. The molecule has 0 fully saturated rings. The van der Waals surface area contributed by atoms with Crippen LogP contribution in [0.2, 0.25) is 0 Å². The first-order valence-electron chi connectivity index (χ1n) is 14.3. The van der Waals surface area contributed by atoms with Crippen molar-refractivity contribution < 1.29 is 9.15 Å². The minimum atomic E-state index is -0.122. The molecule has 0 bridgehead atoms. The van der Waals surface area contributed by atoms with E-state index in [2.05, 4.69) is 129 Å². The molecule has 2 aromatic heterocycles. The zero-order chi connectivity index (χ0) is 28.0. The fourth-order valence-corrected chi connectivity index (χ4v) is 7.91. The van der Waals surface area contributed by atoms with Crippen molar-refractivity contribution in [3.63, 3.8) is 0 Å². The highest BCUT2D eigenvalue weighted by molar-refractivity contribution is 7.25. The molecule has 0 aliphatic carbocycles. The van der Waals surface area contributed by atoms with E-state index < -0.39 is 0 Å². The maximum atomic E-state index is 6.52. The van der Waals surface area contributed by atoms with Crippen LogP contribution in [0.15, 0.2) is 126 Å². The number of benzene rings is 6. The molecular formula is C39H26O2S. The molecule has 0 amide bonds. The van der Waals surface area contributed by atoms with E-state index in [1.807, 2.05) is 17.4 Å². The Morgan fingerprint density at radius 3 is 2.07 bits per heavy atom. The molecule has 6 aromatic carbocycles. The van der Waals surface area contributed by atoms with E-state index in [-0.39, 0.29) is 5.41 Å². The Morgan fingerprint density at radius 2 is 1.19 bits per heavy atom. The molecule has 0 saturated carbocycles. The van der Waals surface area contributed by atoms with Crippen molar-refractivity contribution in [1.82, 2.24) is 0 Å². The van der Waals surface area contributed by atoms with Gasteiger partial charge >= 0.3 is 0 Å². The Hall–Kier alpha value is -4.86. The van der Waals surface area contributed by atoms with Gasteiger partial charge in [0.25, 0.3) is 0 Å². The van der Waals surface area contributed by atoms with Crippen molar-refractivity contribution in [2.45, 2.75) is 19.3 Å². The normalized spacial score (nSPS) is 13.9. The third-order valence-corrected chi connectivity index (χ3v) is 10.1. The van der Waals surface area contributed by atoms with Crippen LogP contribution < -0.4 is 4.74 Å². The van der Waals surface area contributed by atoms with Crippen molar-refractivity contribution in [2.75, 3.05) is 0 Å². The second-order valence-corrected chi connectivity index (χ2v) is 12.8. The van der Waals surface area contributed by atoms with Gasteiger partial charge in [0.05, 0.1) is 0 Å². The summed E-state index contributed by atoms with van der Waals surface area (Å²) in [6, 6.07) is 43.3. The Kier molecular flexibility index (Phi) is 4.86. The monoisotopic (exact) mass is 558 g/mol. The van der Waals surface area contributed by atoms with Gasteiger partial charge in [-0.25, -0.2) is 0 Å². The zero-order valence-electron chi connectivity index (χ0n) is 23.3. The molecule has 0 spiro atoms. The van der Waals surface area contributed by atoms with E-state index in [0.717, 1.165) is 44.6 Å². The number of furan rings is 1. The van der Waals surface area contributed by atoms with Crippen molar-refractivity contribution in [3.8, 4) is 33.8 Å². The van der Waals surface area contributed by atoms with Crippen LogP contribution in [0.3, 0.4) is 0 Å². The molecule has 9 rings (SSSR count). The molecule has 0 saturated heterocycles. The highest BCUT2D eigenvalue weighted by atomic mass is 32.1. The van der Waals surface area contributed by atoms with Gasteiger partial charge in [-0.05, 0) is 70.8 Å². The van der Waals surface area contributed by atoms with Crippen molar-refractivity contribution >= 4 is 53.4 Å². The number of ether oxygens (including phenoxy) is 1. The number of hydrogen-bond donors (Lipinski definition) is 0. The molecule has 0 atom stereocenters. The molecule has 3 heteroatoms. The van der Waals surface area contributed by atoms with Gasteiger partial charge < -0.3 is 9.15 Å². The van der Waals surface area contributed by atoms with Gasteiger partial charge in [-0.15, -0.1) is 11.3 Å². The molecule has 3 heterocycles. The first-order valence-corrected chi connectivity index (χ1v) is 15.2. The number of fused-ring (bicyclic) bond motifs is 8. The average Bonchev–Trinajstić information content (AvgIpc) is 3.58. The van der Waals surface area contributed by atoms with Gasteiger partial charge in [-0.3, -0.25) is 0 Å². The molecule has 0 radical (unpaired) electrons. The lowest BCUT2D eigenvalue weighted by Gasteiger charge is -2.34. The quantitative estimate of drug-likeness (QED) is 0.211. The Balaban J connectivity index is 1.14. The van der Waals surface area contributed by atoms with Gasteiger partial charge in [0.2, 0.25) is 0 Å². The van der Waals surface area contributed by atoms with Crippen LogP contribution >= 0.6 is 11.3 Å². The highest BCUT2D eigenvalue weighted by Crippen LogP contribution is 2.49. The van der Waals surface area contributed by atoms with Crippen molar-refractivity contribution in [3.05, 3.63) is 132 Å². The number of rotatable bonds is 2. The van der Waals surface area contributed by atoms with Crippen molar-refractivity contribution in [2.24, 2.45) is 0 Å². The van der Waals surface area contributed by atoms with Gasteiger partial charge in [0.15, 0.2) is 0 Å². The first kappa shape index (κ1) is 23.8. The lowest BCUT2D eigenvalue weighted by atomic mass is 9.75. The predicted molar refractivity (Wildman–Crippen MR) is 176 cm³/mol. The zero-order valence-corrected chi connectivity index (χ0v) is 24.1. The lowest BCUT2D eigenvalue weighted by molar-refractivity contribution is 0.418. The summed E-state index contributed by atoms with van der Waals surface area (Å²) in [5.74, 6) is 1.85. The molecule has 1 aliphatic rings. The van der Waals surface area contributed by atoms with Crippen LogP contribution in [0.4, 0.5) is 0 Å². The van der Waals surface area contributed by atoms with E-state index in [0.29, 0.717) is 0 Å².